The maximum Gasteiger partial charge on any atom is 0.325 e. The van der Waals surface area contributed by atoms with Crippen molar-refractivity contribution in [1.29, 1.82) is 0 Å². The number of hydrazine groups is 1. The highest BCUT2D eigenvalue weighted by Crippen LogP contribution is 2.32. The number of fused-ring (bicyclic) bond motifs is 1. The lowest BCUT2D eigenvalue weighted by Gasteiger charge is -2.31. The number of amides is 1. The molecular weight excluding hydrogens is 298 g/mol. The Balaban J connectivity index is 1.73. The lowest BCUT2D eigenvalue weighted by atomic mass is 10.0. The fraction of sp³-hybridized carbons (Fsp3) is 0.375. The smallest absolute Gasteiger partial charge is 0.325 e. The molecule has 0 aromatic heterocycles. The Morgan fingerprint density at radius 3 is 2.91 bits per heavy atom. The van der Waals surface area contributed by atoms with E-state index in [0.717, 1.165) is 11.3 Å². The number of methoxy groups -OCH3 is 2. The first kappa shape index (κ1) is 15.4. The van der Waals surface area contributed by atoms with Crippen molar-refractivity contribution in [2.75, 3.05) is 20.8 Å². The second-order valence-corrected chi connectivity index (χ2v) is 5.46. The predicted molar refractivity (Wildman–Crippen MR) is 82.0 cm³/mol. The van der Waals surface area contributed by atoms with E-state index in [9.17, 15) is 9.59 Å². The van der Waals surface area contributed by atoms with Gasteiger partial charge in [-0.15, -0.1) is 0 Å². The number of benzene rings is 1. The predicted octanol–water partition coefficient (Wildman–Crippen LogP) is 0.802. The van der Waals surface area contributed by atoms with Crippen LogP contribution in [-0.2, 0) is 14.3 Å². The van der Waals surface area contributed by atoms with Gasteiger partial charge in [-0.25, -0.2) is 5.43 Å². The van der Waals surface area contributed by atoms with Crippen LogP contribution >= 0.6 is 0 Å². The minimum Gasteiger partial charge on any atom is -0.497 e. The highest BCUT2D eigenvalue weighted by molar-refractivity contribution is 5.87. The van der Waals surface area contributed by atoms with Crippen LogP contribution in [0.2, 0.25) is 0 Å². The van der Waals surface area contributed by atoms with E-state index in [4.69, 9.17) is 4.74 Å². The summed E-state index contributed by atoms with van der Waals surface area (Å²) in [7, 11) is 2.93. The number of carbonyl (C=O) groups excluding carboxylic acids is 2. The van der Waals surface area contributed by atoms with Crippen molar-refractivity contribution in [3.63, 3.8) is 0 Å². The molecule has 1 N–H and O–H groups in total. The molecule has 7 heteroatoms. The van der Waals surface area contributed by atoms with Gasteiger partial charge < -0.3 is 19.4 Å². The summed E-state index contributed by atoms with van der Waals surface area (Å²) < 4.78 is 9.86. The van der Waals surface area contributed by atoms with Gasteiger partial charge in [0.05, 0.1) is 20.3 Å². The number of esters is 1. The first-order valence-electron chi connectivity index (χ1n) is 7.36. The molecule has 2 unspecified atom stereocenters. The van der Waals surface area contributed by atoms with Crippen LogP contribution in [0.25, 0.3) is 0 Å². The van der Waals surface area contributed by atoms with Crippen LogP contribution in [0.4, 0.5) is 0 Å². The number of hydrogen-bond acceptors (Lipinski definition) is 6. The second kappa shape index (κ2) is 6.29. The Morgan fingerprint density at radius 2 is 2.17 bits per heavy atom. The van der Waals surface area contributed by atoms with Crippen molar-refractivity contribution in [2.45, 2.75) is 18.5 Å². The molecule has 2 aliphatic rings. The fourth-order valence-corrected chi connectivity index (χ4v) is 2.85. The van der Waals surface area contributed by atoms with E-state index in [1.165, 1.54) is 12.0 Å². The molecule has 1 fully saturated rings. The van der Waals surface area contributed by atoms with Gasteiger partial charge in [0.25, 0.3) is 5.91 Å². The van der Waals surface area contributed by atoms with E-state index < -0.39 is 5.97 Å². The minimum atomic E-state index is -0.438. The fourth-order valence-electron chi connectivity index (χ4n) is 2.85. The molecule has 0 radical (unpaired) electrons. The van der Waals surface area contributed by atoms with Gasteiger partial charge in [-0.2, -0.15) is 0 Å². The molecule has 2 aliphatic heterocycles. The molecule has 2 heterocycles. The van der Waals surface area contributed by atoms with Gasteiger partial charge in [-0.1, -0.05) is 12.1 Å². The first-order chi connectivity index (χ1) is 11.1. The van der Waals surface area contributed by atoms with E-state index in [1.807, 2.05) is 24.3 Å². The molecule has 0 aliphatic carbocycles. The quantitative estimate of drug-likeness (QED) is 0.829. The number of carbonyl (C=O) groups is 2. The summed E-state index contributed by atoms with van der Waals surface area (Å²) >= 11 is 0. The molecule has 3 rings (SSSR count). The monoisotopic (exact) mass is 317 g/mol. The summed E-state index contributed by atoms with van der Waals surface area (Å²) in [6.45, 7) is -0.0694. The number of hydrogen-bond donors (Lipinski definition) is 1. The zero-order valence-corrected chi connectivity index (χ0v) is 13.1. The van der Waals surface area contributed by atoms with Crippen molar-refractivity contribution in [3.05, 3.63) is 42.2 Å². The highest BCUT2D eigenvalue weighted by atomic mass is 16.5. The molecule has 1 saturated heterocycles. The van der Waals surface area contributed by atoms with Crippen LogP contribution in [-0.4, -0.2) is 48.6 Å². The molecule has 0 spiro atoms. The standard InChI is InChI=1S/C16H19N3O4/c1-22-12-5-3-4-11(8-12)13-9-14-16(21)18(10-15(20)23-2)6-7-19(14)17-13/h3-8,13-14,17H,9-10H2,1-2H3. The molecule has 122 valence electrons. The summed E-state index contributed by atoms with van der Waals surface area (Å²) in [4.78, 5) is 25.3. The largest absolute Gasteiger partial charge is 0.497 e. The third kappa shape index (κ3) is 3.00. The van der Waals surface area contributed by atoms with Crippen LogP contribution < -0.4 is 10.2 Å². The molecule has 0 saturated carbocycles. The van der Waals surface area contributed by atoms with Gasteiger partial charge in [0.15, 0.2) is 0 Å². The van der Waals surface area contributed by atoms with E-state index in [1.54, 1.807) is 24.5 Å². The molecule has 1 aromatic carbocycles. The van der Waals surface area contributed by atoms with Crippen molar-refractivity contribution in [3.8, 4) is 5.75 Å². The van der Waals surface area contributed by atoms with Gasteiger partial charge in [-0.3, -0.25) is 9.59 Å². The number of rotatable bonds is 4. The van der Waals surface area contributed by atoms with Crippen LogP contribution in [0, 0.1) is 0 Å². The molecule has 23 heavy (non-hydrogen) atoms. The molecular formula is C16H19N3O4. The second-order valence-electron chi connectivity index (χ2n) is 5.46. The topological polar surface area (TPSA) is 71.1 Å². The summed E-state index contributed by atoms with van der Waals surface area (Å²) in [6.07, 6.45) is 3.99. The third-order valence-electron chi connectivity index (χ3n) is 4.10. The summed E-state index contributed by atoms with van der Waals surface area (Å²) in [6, 6.07) is 7.45. The summed E-state index contributed by atoms with van der Waals surface area (Å²) in [5.74, 6) is 0.228. The molecule has 7 nitrogen and oxygen atoms in total. The zero-order chi connectivity index (χ0) is 16.4. The molecule has 1 aromatic rings. The highest BCUT2D eigenvalue weighted by Gasteiger charge is 2.40. The SMILES string of the molecule is COC(=O)CN1C=CN2NC(c3cccc(OC)c3)CC2C1=O. The van der Waals surface area contributed by atoms with Crippen LogP contribution in [0.1, 0.15) is 18.0 Å². The Labute approximate surface area is 134 Å². The van der Waals surface area contributed by atoms with E-state index in [-0.39, 0.29) is 24.5 Å². The van der Waals surface area contributed by atoms with Crippen LogP contribution in [0.5, 0.6) is 5.75 Å². The molecule has 2 atom stereocenters. The maximum atomic E-state index is 12.5. The zero-order valence-electron chi connectivity index (χ0n) is 13.1. The van der Waals surface area contributed by atoms with Crippen LogP contribution in [0.15, 0.2) is 36.7 Å². The normalized spacial score (nSPS) is 23.0. The Hall–Kier alpha value is -2.54. The average molecular weight is 317 g/mol. The third-order valence-corrected chi connectivity index (χ3v) is 4.10. The average Bonchev–Trinajstić information content (AvgIpc) is 3.02. The lowest BCUT2D eigenvalue weighted by Crippen LogP contribution is -2.49. The van der Waals surface area contributed by atoms with Gasteiger partial charge >= 0.3 is 5.97 Å². The van der Waals surface area contributed by atoms with Gasteiger partial charge in [0.1, 0.15) is 18.3 Å². The van der Waals surface area contributed by atoms with Gasteiger partial charge in [0.2, 0.25) is 0 Å². The molecule has 1 amide bonds. The van der Waals surface area contributed by atoms with Crippen LogP contribution in [0.3, 0.4) is 0 Å². The van der Waals surface area contributed by atoms with Crippen molar-refractivity contribution in [2.24, 2.45) is 0 Å². The summed E-state index contributed by atoms with van der Waals surface area (Å²) in [5, 5.41) is 1.79. The number of nitrogens with one attached hydrogen (secondary N) is 1. The minimum absolute atomic E-state index is 0.0155. The Bertz CT molecular complexity index is 646. The van der Waals surface area contributed by atoms with Crippen molar-refractivity contribution >= 4 is 11.9 Å². The summed E-state index contributed by atoms with van der Waals surface area (Å²) in [5.41, 5.74) is 4.36. The number of nitrogens with zero attached hydrogens (tertiary/aromatic N) is 2. The van der Waals surface area contributed by atoms with Crippen molar-refractivity contribution < 1.29 is 19.1 Å². The van der Waals surface area contributed by atoms with Crippen molar-refractivity contribution in [1.82, 2.24) is 15.3 Å². The van der Waals surface area contributed by atoms with E-state index in [0.29, 0.717) is 6.42 Å². The first-order valence-corrected chi connectivity index (χ1v) is 7.36. The van der Waals surface area contributed by atoms with E-state index in [2.05, 4.69) is 10.2 Å². The Morgan fingerprint density at radius 1 is 1.35 bits per heavy atom. The Kier molecular flexibility index (Phi) is 4.20. The molecule has 0 bridgehead atoms. The van der Waals surface area contributed by atoms with Gasteiger partial charge in [0, 0.05) is 12.4 Å². The maximum absolute atomic E-state index is 12.5. The number of ether oxygens (including phenoxy) is 2. The lowest BCUT2D eigenvalue weighted by molar-refractivity contribution is -0.147. The van der Waals surface area contributed by atoms with E-state index >= 15 is 0 Å². The van der Waals surface area contributed by atoms with Gasteiger partial charge in [-0.05, 0) is 24.1 Å².